The first-order valence-corrected chi connectivity index (χ1v) is 7.99. The third kappa shape index (κ3) is 13.8. The Bertz CT molecular complexity index is 527. The minimum Gasteiger partial charge on any atom is -0.430 e. The standard InChI is InChI=1S/C12H14.C7H10O3.C2H6O2/c1-9(2)11-7-5-6-8-12(11)10(3)4;1-3-5-9-7(8)10-6-4-2;3-1-2-4/h5-8H,1,3H2,2,4H3;3-4H,1-2,5-6H2;3-4H,1-2H2. The van der Waals surface area contributed by atoms with Crippen molar-refractivity contribution in [3.63, 3.8) is 0 Å². The van der Waals surface area contributed by atoms with Gasteiger partial charge >= 0.3 is 6.16 Å². The van der Waals surface area contributed by atoms with E-state index in [2.05, 4.69) is 47.9 Å². The highest BCUT2D eigenvalue weighted by Gasteiger charge is 2.01. The summed E-state index contributed by atoms with van der Waals surface area (Å²) in [5.74, 6) is 0. The number of carbonyl (C=O) groups excluding carboxylic acids is 1. The second kappa shape index (κ2) is 17.2. The van der Waals surface area contributed by atoms with E-state index in [4.69, 9.17) is 10.2 Å². The molecule has 26 heavy (non-hydrogen) atoms. The Balaban J connectivity index is 0. The van der Waals surface area contributed by atoms with Crippen LogP contribution in [0.2, 0.25) is 0 Å². The lowest BCUT2D eigenvalue weighted by Gasteiger charge is -2.07. The van der Waals surface area contributed by atoms with E-state index < -0.39 is 6.16 Å². The van der Waals surface area contributed by atoms with Gasteiger partial charge in [-0.25, -0.2) is 4.79 Å². The lowest BCUT2D eigenvalue weighted by atomic mass is 9.98. The van der Waals surface area contributed by atoms with Gasteiger partial charge < -0.3 is 19.7 Å². The lowest BCUT2D eigenvalue weighted by molar-refractivity contribution is 0.0718. The number of allylic oxidation sites excluding steroid dienone is 2. The van der Waals surface area contributed by atoms with Crippen LogP contribution in [0.5, 0.6) is 0 Å². The summed E-state index contributed by atoms with van der Waals surface area (Å²) in [6.45, 7) is 18.7. The SMILES string of the molecule is C=C(C)c1ccccc1C(=C)C.C=CCOC(=O)OCC=C.OCCO. The first-order chi connectivity index (χ1) is 12.3. The summed E-state index contributed by atoms with van der Waals surface area (Å²) in [4.78, 5) is 10.4. The Kier molecular flexibility index (Phi) is 16.9. The predicted octanol–water partition coefficient (Wildman–Crippen LogP) is 4.24. The Morgan fingerprint density at radius 3 is 1.50 bits per heavy atom. The zero-order chi connectivity index (χ0) is 20.4. The molecule has 0 aliphatic carbocycles. The summed E-state index contributed by atoms with van der Waals surface area (Å²) in [5.41, 5.74) is 4.58. The molecular weight excluding hydrogens is 332 g/mol. The van der Waals surface area contributed by atoms with Crippen LogP contribution in [-0.4, -0.2) is 42.8 Å². The highest BCUT2D eigenvalue weighted by molar-refractivity contribution is 5.76. The zero-order valence-corrected chi connectivity index (χ0v) is 15.7. The number of aliphatic hydroxyl groups excluding tert-OH is 2. The fourth-order valence-corrected chi connectivity index (χ4v) is 1.52. The number of carbonyl (C=O) groups is 1. The Hall–Kier alpha value is -2.63. The smallest absolute Gasteiger partial charge is 0.430 e. The summed E-state index contributed by atoms with van der Waals surface area (Å²) in [7, 11) is 0. The molecule has 2 N–H and O–H groups in total. The summed E-state index contributed by atoms with van der Waals surface area (Å²) in [5, 5.41) is 15.2. The van der Waals surface area contributed by atoms with Crippen molar-refractivity contribution in [3.8, 4) is 0 Å². The minimum atomic E-state index is -0.695. The van der Waals surface area contributed by atoms with Crippen LogP contribution in [0, 0.1) is 0 Å². The van der Waals surface area contributed by atoms with E-state index in [1.807, 2.05) is 26.0 Å². The molecule has 5 heteroatoms. The summed E-state index contributed by atoms with van der Waals surface area (Å²) < 4.78 is 8.93. The van der Waals surface area contributed by atoms with E-state index in [-0.39, 0.29) is 26.4 Å². The summed E-state index contributed by atoms with van der Waals surface area (Å²) in [6.07, 6.45) is 2.24. The van der Waals surface area contributed by atoms with E-state index in [1.54, 1.807) is 0 Å². The molecule has 0 amide bonds. The molecule has 0 aliphatic rings. The molecule has 0 aliphatic heterocycles. The van der Waals surface area contributed by atoms with E-state index in [0.717, 1.165) is 11.1 Å². The number of aliphatic hydroxyl groups is 2. The van der Waals surface area contributed by atoms with Gasteiger partial charge in [-0.1, -0.05) is 73.9 Å². The molecule has 0 radical (unpaired) electrons. The van der Waals surface area contributed by atoms with E-state index in [1.165, 1.54) is 23.3 Å². The first kappa shape index (κ1) is 25.6. The molecule has 0 saturated heterocycles. The van der Waals surface area contributed by atoms with E-state index >= 15 is 0 Å². The predicted molar refractivity (Wildman–Crippen MR) is 108 cm³/mol. The van der Waals surface area contributed by atoms with Gasteiger partial charge in [0.05, 0.1) is 13.2 Å². The van der Waals surface area contributed by atoms with Crippen molar-refractivity contribution in [2.75, 3.05) is 26.4 Å². The molecule has 0 atom stereocenters. The largest absolute Gasteiger partial charge is 0.508 e. The molecule has 1 aromatic carbocycles. The molecule has 0 fully saturated rings. The first-order valence-electron chi connectivity index (χ1n) is 7.99. The van der Waals surface area contributed by atoms with Gasteiger partial charge in [-0.15, -0.1) is 0 Å². The van der Waals surface area contributed by atoms with Crippen molar-refractivity contribution in [1.82, 2.24) is 0 Å². The van der Waals surface area contributed by atoms with Crippen LogP contribution >= 0.6 is 0 Å². The molecule has 1 aromatic rings. The Labute approximate surface area is 156 Å². The van der Waals surface area contributed by atoms with E-state index in [0.29, 0.717) is 0 Å². The normalized spacial score (nSPS) is 8.62. The Morgan fingerprint density at radius 2 is 1.27 bits per heavy atom. The average molecular weight is 362 g/mol. The van der Waals surface area contributed by atoms with Gasteiger partial charge in [0.2, 0.25) is 0 Å². The van der Waals surface area contributed by atoms with Crippen molar-refractivity contribution in [2.24, 2.45) is 0 Å². The number of benzene rings is 1. The number of ether oxygens (including phenoxy) is 2. The fraction of sp³-hybridized carbons (Fsp3) is 0.286. The Morgan fingerprint density at radius 1 is 0.923 bits per heavy atom. The van der Waals surface area contributed by atoms with Crippen LogP contribution in [-0.2, 0) is 9.47 Å². The van der Waals surface area contributed by atoms with Crippen LogP contribution in [0.3, 0.4) is 0 Å². The average Bonchev–Trinajstić information content (AvgIpc) is 2.65. The molecule has 0 bridgehead atoms. The van der Waals surface area contributed by atoms with Crippen LogP contribution < -0.4 is 0 Å². The summed E-state index contributed by atoms with van der Waals surface area (Å²) in [6, 6.07) is 8.20. The van der Waals surface area contributed by atoms with Crippen molar-refractivity contribution in [2.45, 2.75) is 13.8 Å². The second-order valence-electron chi connectivity index (χ2n) is 5.00. The molecule has 0 unspecified atom stereocenters. The van der Waals surface area contributed by atoms with Crippen molar-refractivity contribution in [3.05, 3.63) is 73.9 Å². The number of hydrogen-bond acceptors (Lipinski definition) is 5. The van der Waals surface area contributed by atoms with Gasteiger partial charge in [-0.2, -0.15) is 0 Å². The maximum absolute atomic E-state index is 10.4. The monoisotopic (exact) mass is 362 g/mol. The van der Waals surface area contributed by atoms with Crippen LogP contribution in [0.15, 0.2) is 62.7 Å². The topological polar surface area (TPSA) is 76.0 Å². The molecular formula is C21H30O5. The quantitative estimate of drug-likeness (QED) is 0.560. The zero-order valence-electron chi connectivity index (χ0n) is 15.7. The van der Waals surface area contributed by atoms with Gasteiger partial charge in [-0.3, -0.25) is 0 Å². The molecule has 0 spiro atoms. The van der Waals surface area contributed by atoms with Crippen LogP contribution in [0.25, 0.3) is 11.1 Å². The molecule has 0 aromatic heterocycles. The van der Waals surface area contributed by atoms with Gasteiger partial charge in [0.15, 0.2) is 0 Å². The fourth-order valence-electron chi connectivity index (χ4n) is 1.52. The molecule has 0 saturated carbocycles. The third-order valence-corrected chi connectivity index (χ3v) is 2.58. The van der Waals surface area contributed by atoms with Gasteiger partial charge in [0.1, 0.15) is 13.2 Å². The van der Waals surface area contributed by atoms with Gasteiger partial charge in [-0.05, 0) is 25.0 Å². The van der Waals surface area contributed by atoms with Crippen molar-refractivity contribution >= 4 is 17.3 Å². The number of rotatable bonds is 7. The van der Waals surface area contributed by atoms with E-state index in [9.17, 15) is 4.79 Å². The molecule has 144 valence electrons. The van der Waals surface area contributed by atoms with Gasteiger partial charge in [0.25, 0.3) is 0 Å². The molecule has 5 nitrogen and oxygen atoms in total. The number of hydrogen-bond donors (Lipinski definition) is 2. The van der Waals surface area contributed by atoms with Crippen molar-refractivity contribution < 1.29 is 24.5 Å². The highest BCUT2D eigenvalue weighted by Crippen LogP contribution is 2.22. The maximum Gasteiger partial charge on any atom is 0.508 e. The van der Waals surface area contributed by atoms with Gasteiger partial charge in [0, 0.05) is 0 Å². The molecule has 1 rings (SSSR count). The maximum atomic E-state index is 10.4. The van der Waals surface area contributed by atoms with Crippen LogP contribution in [0.1, 0.15) is 25.0 Å². The third-order valence-electron chi connectivity index (χ3n) is 2.58. The lowest BCUT2D eigenvalue weighted by Crippen LogP contribution is -2.06. The minimum absolute atomic E-state index is 0.125. The highest BCUT2D eigenvalue weighted by atomic mass is 16.7. The van der Waals surface area contributed by atoms with Crippen molar-refractivity contribution in [1.29, 1.82) is 0 Å². The molecule has 0 heterocycles. The second-order valence-corrected chi connectivity index (χ2v) is 5.00. The van der Waals surface area contributed by atoms with Crippen LogP contribution in [0.4, 0.5) is 4.79 Å². The summed E-state index contributed by atoms with van der Waals surface area (Å²) >= 11 is 0.